The average molecular weight is 489 g/mol. The van der Waals surface area contributed by atoms with Gasteiger partial charge in [-0.3, -0.25) is 4.98 Å². The van der Waals surface area contributed by atoms with Crippen molar-refractivity contribution in [2.45, 2.75) is 6.04 Å². The molecule has 0 saturated heterocycles. The molecular weight excluding hydrogens is 472 g/mol. The molecule has 1 atom stereocenters. The van der Waals surface area contributed by atoms with Crippen LogP contribution >= 0.6 is 19.1 Å². The Morgan fingerprint density at radius 1 is 0.815 bits per heavy atom. The van der Waals surface area contributed by atoms with Crippen molar-refractivity contribution >= 4 is 24.7 Å². The fraction of sp³-hybridized carbons (Fsp3) is 0.0476. The van der Waals surface area contributed by atoms with Crippen LogP contribution in [0.4, 0.5) is 5.69 Å². The van der Waals surface area contributed by atoms with E-state index >= 15 is 0 Å². The van der Waals surface area contributed by atoms with Crippen molar-refractivity contribution in [3.8, 4) is 0 Å². The van der Waals surface area contributed by atoms with Crippen LogP contribution in [0.15, 0.2) is 97.5 Å². The third kappa shape index (κ3) is 5.34. The van der Waals surface area contributed by atoms with Gasteiger partial charge in [0.1, 0.15) is 0 Å². The van der Waals surface area contributed by atoms with Crippen LogP contribution in [0, 0.1) is 6.67 Å². The van der Waals surface area contributed by atoms with Gasteiger partial charge in [-0.25, -0.2) is 0 Å². The number of hydrogen-bond acceptors (Lipinski definition) is 3. The van der Waals surface area contributed by atoms with Crippen molar-refractivity contribution in [2.75, 3.05) is 4.90 Å². The first-order chi connectivity index (χ1) is 13.3. The van der Waals surface area contributed by atoms with E-state index in [1.165, 1.54) is 5.56 Å². The Balaban J connectivity index is 0.000000659. The summed E-state index contributed by atoms with van der Waals surface area (Å²) in [6, 6.07) is 26.6. The first-order valence-electron chi connectivity index (χ1n) is 8.19. The van der Waals surface area contributed by atoms with E-state index in [1.54, 1.807) is 0 Å². The monoisotopic (exact) mass is 487 g/mol. The van der Waals surface area contributed by atoms with E-state index in [1.807, 2.05) is 59.9 Å². The van der Waals surface area contributed by atoms with Crippen molar-refractivity contribution in [3.63, 3.8) is 0 Å². The van der Waals surface area contributed by atoms with Gasteiger partial charge >= 0.3 is 35.0 Å². The molecule has 1 aliphatic heterocycles. The molecule has 0 amide bonds. The van der Waals surface area contributed by atoms with E-state index in [2.05, 4.69) is 59.0 Å². The fourth-order valence-corrected chi connectivity index (χ4v) is 2.85. The van der Waals surface area contributed by atoms with Crippen LogP contribution in [0.25, 0.3) is 0 Å². The van der Waals surface area contributed by atoms with Crippen LogP contribution in [-0.4, -0.2) is 9.88 Å². The molecule has 1 unspecified atom stereocenters. The maximum absolute atomic E-state index is 4.81. The third-order valence-corrected chi connectivity index (χ3v) is 4.00. The Hall–Kier alpha value is -1.83. The quantitative estimate of drug-likeness (QED) is 0.430. The molecule has 3 nitrogen and oxygen atoms in total. The summed E-state index contributed by atoms with van der Waals surface area (Å²) in [5.74, 6) is 0. The van der Waals surface area contributed by atoms with Crippen molar-refractivity contribution in [2.24, 2.45) is 0 Å². The normalized spacial score (nSPS) is 14.0. The van der Waals surface area contributed by atoms with Crippen LogP contribution in [0.3, 0.4) is 0 Å². The number of nitrogens with zero attached hydrogens (tertiary/aromatic N) is 3. The van der Waals surface area contributed by atoms with Crippen LogP contribution in [0.2, 0.25) is 0 Å². The standard InChI is InChI=1S/C21H17N3.2ClH.Pd/c1-3-9-18(10-4-1)21(20-13-7-8-14-22-20)24-16-15-23(17-24)19-11-5-2-6-12-19;;;/h1-16,21H;2*1H;/q;;;+2/p-2. The summed E-state index contributed by atoms with van der Waals surface area (Å²) in [5, 5.41) is 0. The van der Waals surface area contributed by atoms with Gasteiger partial charge in [-0.1, -0.05) is 54.6 Å². The second-order valence-corrected chi connectivity index (χ2v) is 7.98. The van der Waals surface area contributed by atoms with Crippen molar-refractivity contribution in [1.82, 2.24) is 9.88 Å². The number of hydrogen-bond donors (Lipinski definition) is 0. The number of halogens is 2. The van der Waals surface area contributed by atoms with Crippen molar-refractivity contribution in [1.29, 1.82) is 0 Å². The van der Waals surface area contributed by atoms with E-state index < -0.39 is 0 Å². The van der Waals surface area contributed by atoms with Gasteiger partial charge < -0.3 is 9.80 Å². The molecule has 2 radical (unpaired) electrons. The molecule has 0 aliphatic carbocycles. The summed E-state index contributed by atoms with van der Waals surface area (Å²) < 4.78 is 0. The molecule has 27 heavy (non-hydrogen) atoms. The van der Waals surface area contributed by atoms with Gasteiger partial charge in [0, 0.05) is 24.3 Å². The Morgan fingerprint density at radius 3 is 2.07 bits per heavy atom. The van der Waals surface area contributed by atoms with Gasteiger partial charge in [-0.2, -0.15) is 0 Å². The summed E-state index contributed by atoms with van der Waals surface area (Å²) in [6.45, 7) is 3.42. The van der Waals surface area contributed by atoms with Crippen LogP contribution < -0.4 is 4.90 Å². The molecule has 0 bridgehead atoms. The zero-order chi connectivity index (χ0) is 18.9. The first kappa shape index (κ1) is 19.9. The fourth-order valence-electron chi connectivity index (χ4n) is 2.85. The average Bonchev–Trinajstić information content (AvgIpc) is 3.21. The number of pyridine rings is 1. The molecule has 1 aliphatic rings. The van der Waals surface area contributed by atoms with E-state index in [0.717, 1.165) is 11.4 Å². The van der Waals surface area contributed by atoms with Crippen LogP contribution in [0.1, 0.15) is 17.3 Å². The second-order valence-electron chi connectivity index (χ2n) is 5.62. The first-order valence-corrected chi connectivity index (χ1v) is 12.2. The third-order valence-electron chi connectivity index (χ3n) is 4.00. The van der Waals surface area contributed by atoms with Gasteiger partial charge in [0.05, 0.1) is 11.7 Å². The van der Waals surface area contributed by atoms with Gasteiger partial charge in [-0.15, -0.1) is 0 Å². The number of benzene rings is 2. The Bertz CT molecular complexity index is 792. The summed E-state index contributed by atoms with van der Waals surface area (Å²) in [7, 11) is 9.63. The molecule has 4 rings (SSSR count). The van der Waals surface area contributed by atoms with Crippen molar-refractivity contribution in [3.05, 3.63) is 115 Å². The van der Waals surface area contributed by atoms with Gasteiger partial charge in [0.2, 0.25) is 6.67 Å². The van der Waals surface area contributed by atoms with E-state index in [0.29, 0.717) is 0 Å². The zero-order valence-electron chi connectivity index (χ0n) is 14.2. The second kappa shape index (κ2) is 10.5. The van der Waals surface area contributed by atoms with Crippen molar-refractivity contribution < 1.29 is 15.9 Å². The number of para-hydroxylation sites is 1. The Morgan fingerprint density at radius 2 is 1.44 bits per heavy atom. The van der Waals surface area contributed by atoms with Crippen LogP contribution in [0.5, 0.6) is 0 Å². The molecule has 3 aromatic rings. The number of anilines is 1. The van der Waals surface area contributed by atoms with Gasteiger partial charge in [0.25, 0.3) is 0 Å². The van der Waals surface area contributed by atoms with E-state index in [-0.39, 0.29) is 22.0 Å². The predicted octanol–water partition coefficient (Wildman–Crippen LogP) is 5.84. The SMILES string of the molecule is [C]1N(c2ccccc2)C=CN1C(c1ccccc1)c1ccccn1.[Cl][Pd][Cl]. The molecule has 0 saturated carbocycles. The molecule has 6 heteroatoms. The van der Waals surface area contributed by atoms with E-state index in [4.69, 9.17) is 19.1 Å². The molecule has 0 spiro atoms. The Labute approximate surface area is 176 Å². The molecule has 0 fully saturated rings. The summed E-state index contributed by atoms with van der Waals surface area (Å²) in [6.07, 6.45) is 5.90. The summed E-state index contributed by atoms with van der Waals surface area (Å²) >= 11 is -0.106. The van der Waals surface area contributed by atoms with Crippen LogP contribution in [-0.2, 0) is 15.9 Å². The Kier molecular flexibility index (Phi) is 7.74. The molecular formula is C21H17Cl2N3Pd. The maximum atomic E-state index is 4.81. The number of aromatic nitrogens is 1. The predicted molar refractivity (Wildman–Crippen MR) is 107 cm³/mol. The molecule has 2 heterocycles. The summed E-state index contributed by atoms with van der Waals surface area (Å²) in [5.41, 5.74) is 3.27. The number of rotatable bonds is 4. The molecule has 0 N–H and O–H groups in total. The molecule has 1 aromatic heterocycles. The van der Waals surface area contributed by atoms with Gasteiger partial charge in [0.15, 0.2) is 0 Å². The van der Waals surface area contributed by atoms with E-state index in [9.17, 15) is 0 Å². The molecule has 2 aromatic carbocycles. The topological polar surface area (TPSA) is 19.4 Å². The summed E-state index contributed by atoms with van der Waals surface area (Å²) in [4.78, 5) is 8.64. The van der Waals surface area contributed by atoms with Gasteiger partial charge in [-0.05, 0) is 29.8 Å². The minimum absolute atomic E-state index is 0.00244. The zero-order valence-corrected chi connectivity index (χ0v) is 17.3. The molecule has 140 valence electrons. The minimum atomic E-state index is -0.106.